The predicted octanol–water partition coefficient (Wildman–Crippen LogP) is 3.50. The monoisotopic (exact) mass is 358 g/mol. The van der Waals surface area contributed by atoms with Crippen molar-refractivity contribution in [1.29, 1.82) is 0 Å². The molecule has 1 atom stereocenters. The van der Waals surface area contributed by atoms with Crippen molar-refractivity contribution >= 4 is 23.2 Å². The summed E-state index contributed by atoms with van der Waals surface area (Å²) in [5, 5.41) is 0.920. The van der Waals surface area contributed by atoms with Gasteiger partial charge in [0.15, 0.2) is 0 Å². The first-order valence-corrected chi connectivity index (χ1v) is 9.43. The van der Waals surface area contributed by atoms with E-state index in [9.17, 15) is 9.59 Å². The van der Waals surface area contributed by atoms with E-state index < -0.39 is 0 Å². The number of nitrogens with zero attached hydrogens (tertiary/aromatic N) is 2. The van der Waals surface area contributed by atoms with Gasteiger partial charge in [-0.2, -0.15) is 0 Å². The fourth-order valence-electron chi connectivity index (χ4n) is 2.97. The number of ether oxygens (including phenoxy) is 1. The maximum absolute atomic E-state index is 12.3. The Morgan fingerprint density at radius 1 is 1.32 bits per heavy atom. The molecule has 1 amide bonds. The normalized spacial score (nSPS) is 17.3. The second-order valence-electron chi connectivity index (χ2n) is 6.14. The Kier molecular flexibility index (Phi) is 5.81. The van der Waals surface area contributed by atoms with Crippen LogP contribution in [0.25, 0.3) is 10.6 Å². The van der Waals surface area contributed by atoms with Gasteiger partial charge >= 0.3 is 5.97 Å². The summed E-state index contributed by atoms with van der Waals surface area (Å²) in [4.78, 5) is 31.2. The number of aromatic nitrogens is 1. The molecule has 1 aliphatic rings. The zero-order valence-electron chi connectivity index (χ0n) is 14.3. The number of carbonyl (C=O) groups excluding carboxylic acids is 2. The van der Waals surface area contributed by atoms with E-state index in [1.165, 1.54) is 11.3 Å². The van der Waals surface area contributed by atoms with Crippen LogP contribution >= 0.6 is 11.3 Å². The minimum atomic E-state index is -0.219. The molecule has 132 valence electrons. The number of thiazole rings is 1. The molecular weight excluding hydrogens is 336 g/mol. The van der Waals surface area contributed by atoms with Crippen molar-refractivity contribution < 1.29 is 14.3 Å². The van der Waals surface area contributed by atoms with Crippen LogP contribution in [0.5, 0.6) is 0 Å². The highest BCUT2D eigenvalue weighted by atomic mass is 32.1. The topological polar surface area (TPSA) is 59.5 Å². The molecule has 1 fully saturated rings. The lowest BCUT2D eigenvalue weighted by atomic mass is 9.98. The average molecular weight is 358 g/mol. The molecule has 0 spiro atoms. The Morgan fingerprint density at radius 2 is 2.12 bits per heavy atom. The first kappa shape index (κ1) is 17.6. The van der Waals surface area contributed by atoms with E-state index >= 15 is 0 Å². The molecule has 2 heterocycles. The van der Waals surface area contributed by atoms with Gasteiger partial charge in [-0.1, -0.05) is 37.3 Å². The lowest BCUT2D eigenvalue weighted by Crippen LogP contribution is -2.42. The molecule has 6 heteroatoms. The van der Waals surface area contributed by atoms with Crippen molar-refractivity contribution in [3.63, 3.8) is 0 Å². The van der Waals surface area contributed by atoms with Crippen molar-refractivity contribution in [2.24, 2.45) is 5.92 Å². The Balaban J connectivity index is 1.54. The van der Waals surface area contributed by atoms with Gasteiger partial charge in [-0.05, 0) is 12.8 Å². The summed E-state index contributed by atoms with van der Waals surface area (Å²) in [6, 6.07) is 9.94. The minimum absolute atomic E-state index is 0.104. The summed E-state index contributed by atoms with van der Waals surface area (Å²) in [7, 11) is 0. The molecule has 1 saturated heterocycles. The Bertz CT molecular complexity index is 729. The molecule has 1 aliphatic heterocycles. The van der Waals surface area contributed by atoms with Crippen LogP contribution in [0.1, 0.15) is 31.1 Å². The molecule has 0 aliphatic carbocycles. The number of piperidine rings is 1. The van der Waals surface area contributed by atoms with E-state index in [1.807, 2.05) is 37.3 Å². The third-order valence-corrected chi connectivity index (χ3v) is 5.36. The number of rotatable bonds is 5. The van der Waals surface area contributed by atoms with Gasteiger partial charge in [-0.25, -0.2) is 4.98 Å². The molecule has 1 aromatic carbocycles. The fraction of sp³-hybridized carbons (Fsp3) is 0.421. The summed E-state index contributed by atoms with van der Waals surface area (Å²) < 4.78 is 5.47. The highest BCUT2D eigenvalue weighted by molar-refractivity contribution is 7.15. The van der Waals surface area contributed by atoms with Crippen LogP contribution in [0.15, 0.2) is 36.5 Å². The van der Waals surface area contributed by atoms with Gasteiger partial charge in [-0.15, -0.1) is 11.3 Å². The number of hydrogen-bond donors (Lipinski definition) is 0. The summed E-state index contributed by atoms with van der Waals surface area (Å²) in [5.74, 6) is -0.332. The van der Waals surface area contributed by atoms with Gasteiger partial charge in [-0.3, -0.25) is 9.59 Å². The lowest BCUT2D eigenvalue weighted by Gasteiger charge is -2.31. The van der Waals surface area contributed by atoms with Crippen LogP contribution in [-0.4, -0.2) is 34.8 Å². The molecule has 2 aromatic rings. The quantitative estimate of drug-likeness (QED) is 0.768. The van der Waals surface area contributed by atoms with Crippen LogP contribution in [0.4, 0.5) is 0 Å². The summed E-state index contributed by atoms with van der Waals surface area (Å²) in [6.07, 6.45) is 3.87. The Morgan fingerprint density at radius 3 is 2.88 bits per heavy atom. The molecular formula is C19H22N2O3S. The second kappa shape index (κ2) is 8.25. The van der Waals surface area contributed by atoms with Crippen molar-refractivity contribution in [3.8, 4) is 10.6 Å². The first-order chi connectivity index (χ1) is 12.2. The third kappa shape index (κ3) is 4.45. The van der Waals surface area contributed by atoms with Crippen molar-refractivity contribution in [2.45, 2.75) is 32.8 Å². The van der Waals surface area contributed by atoms with E-state index in [-0.39, 0.29) is 24.4 Å². The maximum atomic E-state index is 12.3. The summed E-state index contributed by atoms with van der Waals surface area (Å²) >= 11 is 1.53. The highest BCUT2D eigenvalue weighted by Crippen LogP contribution is 2.26. The molecule has 0 saturated carbocycles. The van der Waals surface area contributed by atoms with Crippen LogP contribution in [-0.2, 0) is 20.9 Å². The molecule has 1 unspecified atom stereocenters. The smallest absolute Gasteiger partial charge is 0.311 e. The molecule has 1 aromatic heterocycles. The van der Waals surface area contributed by atoms with E-state index in [1.54, 1.807) is 11.1 Å². The second-order valence-corrected chi connectivity index (χ2v) is 7.25. The van der Waals surface area contributed by atoms with E-state index in [2.05, 4.69) is 4.98 Å². The summed E-state index contributed by atoms with van der Waals surface area (Å²) in [6.45, 7) is 3.30. The van der Waals surface area contributed by atoms with Gasteiger partial charge in [0.1, 0.15) is 11.6 Å². The van der Waals surface area contributed by atoms with Crippen molar-refractivity contribution in [1.82, 2.24) is 9.88 Å². The molecule has 5 nitrogen and oxygen atoms in total. The van der Waals surface area contributed by atoms with Gasteiger partial charge in [0.25, 0.3) is 0 Å². The van der Waals surface area contributed by atoms with Gasteiger partial charge < -0.3 is 9.64 Å². The summed E-state index contributed by atoms with van der Waals surface area (Å²) in [5.41, 5.74) is 1.06. The van der Waals surface area contributed by atoms with Crippen molar-refractivity contribution in [3.05, 3.63) is 41.4 Å². The number of benzene rings is 1. The SMILES string of the molecule is CCC(=O)N1CCCC(C(=O)OCc2cnc(-c3ccccc3)s2)C1. The van der Waals surface area contributed by atoms with Gasteiger partial charge in [0, 0.05) is 31.3 Å². The average Bonchev–Trinajstić information content (AvgIpc) is 3.15. The van der Waals surface area contributed by atoms with E-state index in [0.717, 1.165) is 34.8 Å². The predicted molar refractivity (Wildman–Crippen MR) is 96.9 cm³/mol. The molecule has 3 rings (SSSR count). The van der Waals surface area contributed by atoms with Crippen LogP contribution in [0, 0.1) is 5.92 Å². The fourth-order valence-corrected chi connectivity index (χ4v) is 3.80. The number of amides is 1. The van der Waals surface area contributed by atoms with E-state index in [0.29, 0.717) is 13.0 Å². The van der Waals surface area contributed by atoms with Crippen LogP contribution in [0.2, 0.25) is 0 Å². The van der Waals surface area contributed by atoms with E-state index in [4.69, 9.17) is 4.74 Å². The minimum Gasteiger partial charge on any atom is -0.460 e. The Labute approximate surface area is 151 Å². The number of hydrogen-bond acceptors (Lipinski definition) is 5. The lowest BCUT2D eigenvalue weighted by molar-refractivity contribution is -0.152. The third-order valence-electron chi connectivity index (χ3n) is 4.34. The van der Waals surface area contributed by atoms with Crippen LogP contribution < -0.4 is 0 Å². The molecule has 0 N–H and O–H groups in total. The van der Waals surface area contributed by atoms with Crippen LogP contribution in [0.3, 0.4) is 0 Å². The first-order valence-electron chi connectivity index (χ1n) is 8.62. The number of esters is 1. The molecule has 25 heavy (non-hydrogen) atoms. The van der Waals surface area contributed by atoms with Gasteiger partial charge in [0.05, 0.1) is 10.8 Å². The largest absolute Gasteiger partial charge is 0.460 e. The standard InChI is InChI=1S/C19H22N2O3S/c1-2-17(22)21-10-6-9-15(12-21)19(23)24-13-16-11-20-18(25-16)14-7-4-3-5-8-14/h3-5,7-8,11,15H,2,6,9-10,12-13H2,1H3. The maximum Gasteiger partial charge on any atom is 0.311 e. The molecule has 0 radical (unpaired) electrons. The zero-order valence-corrected chi connectivity index (χ0v) is 15.1. The van der Waals surface area contributed by atoms with Gasteiger partial charge in [0.2, 0.25) is 5.91 Å². The number of likely N-dealkylation sites (tertiary alicyclic amines) is 1. The molecule has 0 bridgehead atoms. The van der Waals surface area contributed by atoms with Crippen molar-refractivity contribution in [2.75, 3.05) is 13.1 Å². The highest BCUT2D eigenvalue weighted by Gasteiger charge is 2.28. The number of carbonyl (C=O) groups is 2. The Hall–Kier alpha value is -2.21. The zero-order chi connectivity index (χ0) is 17.6.